The van der Waals surface area contributed by atoms with Gasteiger partial charge in [0.25, 0.3) is 0 Å². The molecule has 1 heterocycles. The minimum Gasteiger partial charge on any atom is -0.496 e. The zero-order valence-electron chi connectivity index (χ0n) is 14.7. The largest absolute Gasteiger partial charge is 0.496 e. The minimum atomic E-state index is 0. The van der Waals surface area contributed by atoms with E-state index in [1.54, 1.807) is 7.11 Å². The van der Waals surface area contributed by atoms with Gasteiger partial charge in [0.1, 0.15) is 5.75 Å². The Morgan fingerprint density at radius 2 is 1.92 bits per heavy atom. The standard InChI is InChI=1S/C20H26N2O2.ClH/c1-24-16-5-3-2-4-14(16)15-11-21-8-9-22(15)20(23)19-17-12-6-7-13(10-12)18(17)19;/h2-5,12-13,15,17-19,21H,6-11H2,1H3;1H. The van der Waals surface area contributed by atoms with Crippen LogP contribution < -0.4 is 10.1 Å². The van der Waals surface area contributed by atoms with E-state index in [1.807, 2.05) is 18.2 Å². The first-order chi connectivity index (χ1) is 11.8. The Kier molecular flexibility index (Phi) is 4.45. The number of hydrogen-bond acceptors (Lipinski definition) is 3. The summed E-state index contributed by atoms with van der Waals surface area (Å²) in [6.45, 7) is 2.53. The molecule has 3 saturated carbocycles. The average Bonchev–Trinajstić information content (AvgIpc) is 3.07. The van der Waals surface area contributed by atoms with Gasteiger partial charge < -0.3 is 15.0 Å². The predicted octanol–water partition coefficient (Wildman–Crippen LogP) is 2.88. The molecule has 4 aliphatic rings. The van der Waals surface area contributed by atoms with Crippen LogP contribution in [-0.2, 0) is 4.79 Å². The van der Waals surface area contributed by atoms with E-state index in [0.29, 0.717) is 23.7 Å². The monoisotopic (exact) mass is 362 g/mol. The van der Waals surface area contributed by atoms with Gasteiger partial charge in [-0.2, -0.15) is 0 Å². The number of ether oxygens (including phenoxy) is 1. The summed E-state index contributed by atoms with van der Waals surface area (Å²) in [4.78, 5) is 15.5. The summed E-state index contributed by atoms with van der Waals surface area (Å²) in [5.41, 5.74) is 1.13. The molecule has 2 bridgehead atoms. The molecule has 4 nitrogen and oxygen atoms in total. The molecule has 136 valence electrons. The lowest BCUT2D eigenvalue weighted by Gasteiger charge is -2.37. The molecule has 1 amide bonds. The summed E-state index contributed by atoms with van der Waals surface area (Å²) in [6, 6.07) is 8.24. The smallest absolute Gasteiger partial charge is 0.226 e. The fraction of sp³-hybridized carbons (Fsp3) is 0.650. The van der Waals surface area contributed by atoms with Crippen molar-refractivity contribution in [3.8, 4) is 5.75 Å². The summed E-state index contributed by atoms with van der Waals surface area (Å²) in [5, 5.41) is 3.46. The number of fused-ring (bicyclic) bond motifs is 5. The van der Waals surface area contributed by atoms with Crippen LogP contribution in [0.1, 0.15) is 30.9 Å². The first-order valence-electron chi connectivity index (χ1n) is 9.43. The van der Waals surface area contributed by atoms with Gasteiger partial charge in [-0.25, -0.2) is 0 Å². The average molecular weight is 363 g/mol. The second-order valence-electron chi connectivity index (χ2n) is 8.01. The number of carbonyl (C=O) groups is 1. The van der Waals surface area contributed by atoms with E-state index in [2.05, 4.69) is 16.3 Å². The van der Waals surface area contributed by atoms with Gasteiger partial charge >= 0.3 is 0 Å². The lowest BCUT2D eigenvalue weighted by atomic mass is 9.98. The zero-order valence-corrected chi connectivity index (χ0v) is 15.5. The maximum Gasteiger partial charge on any atom is 0.226 e. The molecule has 5 heteroatoms. The third-order valence-electron chi connectivity index (χ3n) is 7.04. The molecule has 1 aliphatic heterocycles. The van der Waals surface area contributed by atoms with Crippen LogP contribution >= 0.6 is 12.4 Å². The van der Waals surface area contributed by atoms with Crippen molar-refractivity contribution < 1.29 is 9.53 Å². The van der Waals surface area contributed by atoms with Crippen molar-refractivity contribution in [1.29, 1.82) is 0 Å². The van der Waals surface area contributed by atoms with Crippen LogP contribution in [0.25, 0.3) is 0 Å². The lowest BCUT2D eigenvalue weighted by molar-refractivity contribution is -0.137. The fourth-order valence-corrected chi connectivity index (χ4v) is 6.03. The number of benzene rings is 1. The number of methoxy groups -OCH3 is 1. The van der Waals surface area contributed by atoms with Gasteiger partial charge in [0, 0.05) is 31.1 Å². The van der Waals surface area contributed by atoms with E-state index in [9.17, 15) is 4.79 Å². The Labute approximate surface area is 155 Å². The lowest BCUT2D eigenvalue weighted by Crippen LogP contribution is -2.49. The molecule has 1 saturated heterocycles. The number of amides is 1. The number of nitrogens with one attached hydrogen (secondary N) is 1. The molecule has 1 N–H and O–H groups in total. The number of rotatable bonds is 3. The Hall–Kier alpha value is -1.26. The van der Waals surface area contributed by atoms with E-state index in [-0.39, 0.29) is 18.4 Å². The molecule has 5 atom stereocenters. The maximum absolute atomic E-state index is 13.3. The molecule has 0 radical (unpaired) electrons. The molecular formula is C20H27ClN2O2. The molecule has 0 spiro atoms. The van der Waals surface area contributed by atoms with E-state index >= 15 is 0 Å². The zero-order chi connectivity index (χ0) is 16.3. The van der Waals surface area contributed by atoms with Gasteiger partial charge in [0.2, 0.25) is 5.91 Å². The van der Waals surface area contributed by atoms with Crippen LogP contribution in [0.15, 0.2) is 24.3 Å². The second kappa shape index (κ2) is 6.48. The van der Waals surface area contributed by atoms with Crippen molar-refractivity contribution in [2.45, 2.75) is 25.3 Å². The Morgan fingerprint density at radius 3 is 2.64 bits per heavy atom. The molecule has 3 aliphatic carbocycles. The van der Waals surface area contributed by atoms with Crippen molar-refractivity contribution in [1.82, 2.24) is 10.2 Å². The van der Waals surface area contributed by atoms with Gasteiger partial charge in [0.15, 0.2) is 0 Å². The van der Waals surface area contributed by atoms with Gasteiger partial charge in [-0.15, -0.1) is 12.4 Å². The van der Waals surface area contributed by atoms with Crippen LogP contribution in [0.5, 0.6) is 5.75 Å². The highest BCUT2D eigenvalue weighted by atomic mass is 35.5. The number of carbonyl (C=O) groups excluding carboxylic acids is 1. The van der Waals surface area contributed by atoms with Crippen LogP contribution in [-0.4, -0.2) is 37.6 Å². The molecule has 0 aromatic heterocycles. The number of nitrogens with zero attached hydrogens (tertiary/aromatic N) is 1. The normalized spacial score (nSPS) is 38.0. The van der Waals surface area contributed by atoms with Crippen molar-refractivity contribution in [2.24, 2.45) is 29.6 Å². The van der Waals surface area contributed by atoms with E-state index in [0.717, 1.165) is 42.8 Å². The SMILES string of the molecule is COc1ccccc1C1CNCCN1C(=O)C1C2C3CCC(C3)C12.Cl. The van der Waals surface area contributed by atoms with Crippen molar-refractivity contribution in [3.63, 3.8) is 0 Å². The molecule has 25 heavy (non-hydrogen) atoms. The summed E-state index contributed by atoms with van der Waals surface area (Å²) in [5.74, 6) is 4.75. The molecular weight excluding hydrogens is 336 g/mol. The molecule has 5 unspecified atom stereocenters. The summed E-state index contributed by atoms with van der Waals surface area (Å²) >= 11 is 0. The highest BCUT2D eigenvalue weighted by Crippen LogP contribution is 2.69. The molecule has 5 rings (SSSR count). The molecule has 1 aromatic rings. The fourth-order valence-electron chi connectivity index (χ4n) is 6.03. The highest BCUT2D eigenvalue weighted by Gasteiger charge is 2.68. The van der Waals surface area contributed by atoms with Gasteiger partial charge in [0.05, 0.1) is 13.2 Å². The van der Waals surface area contributed by atoms with Gasteiger partial charge in [-0.1, -0.05) is 18.2 Å². The second-order valence-corrected chi connectivity index (χ2v) is 8.01. The van der Waals surface area contributed by atoms with Crippen LogP contribution in [0.4, 0.5) is 0 Å². The first kappa shape index (κ1) is 17.2. The maximum atomic E-state index is 13.3. The Balaban J connectivity index is 0.00000157. The minimum absolute atomic E-state index is 0. The quantitative estimate of drug-likeness (QED) is 0.899. The van der Waals surface area contributed by atoms with Crippen LogP contribution in [0.2, 0.25) is 0 Å². The summed E-state index contributed by atoms with van der Waals surface area (Å²) in [7, 11) is 1.71. The number of piperazine rings is 1. The van der Waals surface area contributed by atoms with Crippen molar-refractivity contribution in [3.05, 3.63) is 29.8 Å². The molecule has 4 fully saturated rings. The van der Waals surface area contributed by atoms with Crippen LogP contribution in [0, 0.1) is 29.6 Å². The third-order valence-corrected chi connectivity index (χ3v) is 7.04. The Morgan fingerprint density at radius 1 is 1.20 bits per heavy atom. The van der Waals surface area contributed by atoms with Crippen molar-refractivity contribution in [2.75, 3.05) is 26.7 Å². The first-order valence-corrected chi connectivity index (χ1v) is 9.43. The van der Waals surface area contributed by atoms with Gasteiger partial charge in [-0.05, 0) is 49.0 Å². The number of hydrogen-bond donors (Lipinski definition) is 1. The number of para-hydroxylation sites is 1. The third kappa shape index (κ3) is 2.57. The molecule has 1 aromatic carbocycles. The topological polar surface area (TPSA) is 41.6 Å². The predicted molar refractivity (Wildman–Crippen MR) is 98.9 cm³/mol. The highest BCUT2D eigenvalue weighted by molar-refractivity contribution is 5.85. The van der Waals surface area contributed by atoms with E-state index in [4.69, 9.17) is 4.74 Å². The summed E-state index contributed by atoms with van der Waals surface area (Å²) in [6.07, 6.45) is 4.14. The van der Waals surface area contributed by atoms with Crippen molar-refractivity contribution >= 4 is 18.3 Å². The van der Waals surface area contributed by atoms with Crippen LogP contribution in [0.3, 0.4) is 0 Å². The summed E-state index contributed by atoms with van der Waals surface area (Å²) < 4.78 is 5.56. The van der Waals surface area contributed by atoms with Gasteiger partial charge in [-0.3, -0.25) is 4.79 Å². The van der Waals surface area contributed by atoms with E-state index in [1.165, 1.54) is 19.3 Å². The Bertz CT molecular complexity index is 651. The van der Waals surface area contributed by atoms with E-state index < -0.39 is 0 Å². The number of halogens is 1.